The summed E-state index contributed by atoms with van der Waals surface area (Å²) in [7, 11) is 0. The van der Waals surface area contributed by atoms with Crippen molar-refractivity contribution in [2.45, 2.75) is 65.1 Å². The molecule has 0 radical (unpaired) electrons. The van der Waals surface area contributed by atoms with Crippen LogP contribution in [0.1, 0.15) is 55.4 Å². The third kappa shape index (κ3) is 8.21. The number of aryl methyl sites for hydroxylation is 1. The number of amides is 2. The van der Waals surface area contributed by atoms with Crippen LogP contribution in [0.5, 0.6) is 5.75 Å². The number of ether oxygens (including phenoxy) is 5. The molecule has 1 aliphatic carbocycles. The number of anilines is 1. The highest BCUT2D eigenvalue weighted by atomic mass is 16.7. The van der Waals surface area contributed by atoms with Crippen molar-refractivity contribution in [1.29, 1.82) is 0 Å². The molecule has 12 heteroatoms. The zero-order valence-electron chi connectivity index (χ0n) is 28.0. The molecule has 5 unspecified atom stereocenters. The van der Waals surface area contributed by atoms with Crippen molar-refractivity contribution in [2.75, 3.05) is 25.1 Å². The van der Waals surface area contributed by atoms with Crippen molar-refractivity contribution >= 4 is 30.1 Å². The van der Waals surface area contributed by atoms with E-state index in [0.29, 0.717) is 17.6 Å². The summed E-state index contributed by atoms with van der Waals surface area (Å²) >= 11 is 0. The zero-order valence-corrected chi connectivity index (χ0v) is 28.0. The van der Waals surface area contributed by atoms with E-state index in [1.54, 1.807) is 19.1 Å². The number of alkyl carbamates (subject to hydrolysis) is 1. The van der Waals surface area contributed by atoms with E-state index in [0.717, 1.165) is 22.3 Å². The summed E-state index contributed by atoms with van der Waals surface area (Å²) in [5.41, 5.74) is 5.81. The van der Waals surface area contributed by atoms with Gasteiger partial charge in [-0.05, 0) is 58.4 Å². The normalized spacial score (nSPS) is 21.1. The van der Waals surface area contributed by atoms with Crippen molar-refractivity contribution in [3.8, 4) is 16.9 Å². The van der Waals surface area contributed by atoms with E-state index in [1.165, 1.54) is 6.92 Å². The molecule has 0 saturated carbocycles. The van der Waals surface area contributed by atoms with Crippen LogP contribution in [0, 0.1) is 18.8 Å². The van der Waals surface area contributed by atoms with Crippen LogP contribution in [-0.2, 0) is 39.9 Å². The third-order valence-corrected chi connectivity index (χ3v) is 9.13. The molecule has 260 valence electrons. The molecular formula is C37H42N2O10. The summed E-state index contributed by atoms with van der Waals surface area (Å²) in [5, 5.41) is 15.3. The van der Waals surface area contributed by atoms with Crippen molar-refractivity contribution in [1.82, 2.24) is 5.32 Å². The lowest BCUT2D eigenvalue weighted by molar-refractivity contribution is -0.252. The standard InChI is InChI=1S/C37H42N2O10/c1-21-15-25(17-40)16-31(34(21)49-36-35(47-24(4)42)23(3)22(2)32(48-36)19-45-20-41)39-33(43)13-14-38-37(44)46-18-30-28-11-7-5-9-26(28)27-10-6-8-12-29(27)30/h5-12,15-16,20,22-23,30,32,35-36,40H,13-14,17-19H2,1-4H3,(H,38,44)(H,39,43). The van der Waals surface area contributed by atoms with Gasteiger partial charge in [-0.2, -0.15) is 0 Å². The Hall–Kier alpha value is -4.94. The quantitative estimate of drug-likeness (QED) is 0.130. The van der Waals surface area contributed by atoms with Gasteiger partial charge in [0.15, 0.2) is 6.10 Å². The first-order valence-electron chi connectivity index (χ1n) is 16.3. The fourth-order valence-electron chi connectivity index (χ4n) is 6.48. The number of fused-ring (bicyclic) bond motifs is 3. The van der Waals surface area contributed by atoms with Gasteiger partial charge >= 0.3 is 12.1 Å². The number of hydrogen-bond donors (Lipinski definition) is 3. The van der Waals surface area contributed by atoms with Crippen molar-refractivity contribution in [2.24, 2.45) is 11.8 Å². The predicted octanol–water partition coefficient (Wildman–Crippen LogP) is 4.84. The molecule has 49 heavy (non-hydrogen) atoms. The van der Waals surface area contributed by atoms with Crippen LogP contribution in [0.4, 0.5) is 10.5 Å². The van der Waals surface area contributed by atoms with Gasteiger partial charge in [-0.15, -0.1) is 0 Å². The molecule has 2 amide bonds. The molecule has 0 spiro atoms. The number of rotatable bonds is 13. The summed E-state index contributed by atoms with van der Waals surface area (Å²) in [4.78, 5) is 48.6. The van der Waals surface area contributed by atoms with Crippen molar-refractivity contribution in [3.05, 3.63) is 82.9 Å². The van der Waals surface area contributed by atoms with Gasteiger partial charge in [-0.25, -0.2) is 4.79 Å². The molecule has 1 fully saturated rings. The van der Waals surface area contributed by atoms with Gasteiger partial charge in [0, 0.05) is 31.7 Å². The maximum Gasteiger partial charge on any atom is 0.407 e. The Balaban J connectivity index is 1.21. The van der Waals surface area contributed by atoms with Gasteiger partial charge in [0.05, 0.1) is 18.4 Å². The lowest BCUT2D eigenvalue weighted by Gasteiger charge is -2.43. The number of hydrogen-bond acceptors (Lipinski definition) is 10. The Labute approximate surface area is 285 Å². The molecule has 5 atom stereocenters. The number of aliphatic hydroxyl groups is 1. The van der Waals surface area contributed by atoms with Crippen LogP contribution in [0.2, 0.25) is 0 Å². The largest absolute Gasteiger partial charge is 0.465 e. The smallest absolute Gasteiger partial charge is 0.407 e. The number of benzene rings is 3. The molecule has 5 rings (SSSR count). The highest BCUT2D eigenvalue weighted by molar-refractivity contribution is 5.93. The fourth-order valence-corrected chi connectivity index (χ4v) is 6.48. The highest BCUT2D eigenvalue weighted by Crippen LogP contribution is 2.44. The lowest BCUT2D eigenvalue weighted by atomic mass is 9.83. The maximum atomic E-state index is 13.1. The molecule has 0 bridgehead atoms. The minimum absolute atomic E-state index is 0.00540. The van der Waals surface area contributed by atoms with Gasteiger partial charge in [0.25, 0.3) is 6.47 Å². The summed E-state index contributed by atoms with van der Waals surface area (Å²) in [5.74, 6) is -1.18. The predicted molar refractivity (Wildman–Crippen MR) is 179 cm³/mol. The SMILES string of the molecule is CC(=O)OC1C(Oc2c(C)cc(CO)cc2NC(=O)CCNC(=O)OCC2c3ccccc3-c3ccccc32)OC(COC=O)C(C)C1C. The third-order valence-electron chi connectivity index (χ3n) is 9.13. The van der Waals surface area contributed by atoms with E-state index in [2.05, 4.69) is 22.8 Å². The van der Waals surface area contributed by atoms with E-state index in [-0.39, 0.29) is 62.0 Å². The van der Waals surface area contributed by atoms with E-state index in [1.807, 2.05) is 50.2 Å². The zero-order chi connectivity index (χ0) is 35.1. The molecule has 1 heterocycles. The van der Waals surface area contributed by atoms with E-state index >= 15 is 0 Å². The van der Waals surface area contributed by atoms with Crippen LogP contribution >= 0.6 is 0 Å². The lowest BCUT2D eigenvalue weighted by Crippen LogP contribution is -2.54. The van der Waals surface area contributed by atoms with Crippen LogP contribution in [-0.4, -0.2) is 67.8 Å². The molecule has 12 nitrogen and oxygen atoms in total. The second kappa shape index (κ2) is 16.0. The molecule has 3 N–H and O–H groups in total. The molecule has 3 aromatic rings. The summed E-state index contributed by atoms with van der Waals surface area (Å²) < 4.78 is 28.6. The minimum Gasteiger partial charge on any atom is -0.465 e. The number of aliphatic hydroxyl groups excluding tert-OH is 1. The monoisotopic (exact) mass is 674 g/mol. The summed E-state index contributed by atoms with van der Waals surface area (Å²) in [6.07, 6.45) is -3.17. The highest BCUT2D eigenvalue weighted by Gasteiger charge is 2.45. The molecule has 1 aliphatic heterocycles. The molecule has 3 aromatic carbocycles. The van der Waals surface area contributed by atoms with E-state index in [4.69, 9.17) is 23.7 Å². The van der Waals surface area contributed by atoms with Crippen molar-refractivity contribution in [3.63, 3.8) is 0 Å². The summed E-state index contributed by atoms with van der Waals surface area (Å²) in [6, 6.07) is 19.4. The van der Waals surface area contributed by atoms with Gasteiger partial charge < -0.3 is 39.4 Å². The Morgan fingerprint density at radius 3 is 2.27 bits per heavy atom. The Morgan fingerprint density at radius 1 is 0.959 bits per heavy atom. The van der Waals surface area contributed by atoms with Crippen LogP contribution in [0.15, 0.2) is 60.7 Å². The second-order valence-corrected chi connectivity index (χ2v) is 12.4. The molecular weight excluding hydrogens is 632 g/mol. The second-order valence-electron chi connectivity index (χ2n) is 12.4. The molecule has 2 aliphatic rings. The Kier molecular flexibility index (Phi) is 11.5. The Morgan fingerprint density at radius 2 is 1.63 bits per heavy atom. The first kappa shape index (κ1) is 35.4. The molecule has 0 aromatic heterocycles. The first-order chi connectivity index (χ1) is 23.6. The van der Waals surface area contributed by atoms with Gasteiger partial charge in [-0.3, -0.25) is 14.4 Å². The van der Waals surface area contributed by atoms with E-state index < -0.39 is 36.5 Å². The fraction of sp³-hybridized carbons (Fsp3) is 0.405. The minimum atomic E-state index is -1.10. The van der Waals surface area contributed by atoms with Gasteiger partial charge in [-0.1, -0.05) is 62.4 Å². The van der Waals surface area contributed by atoms with Gasteiger partial charge in [0.1, 0.15) is 19.0 Å². The van der Waals surface area contributed by atoms with Crippen LogP contribution in [0.25, 0.3) is 11.1 Å². The molecule has 1 saturated heterocycles. The van der Waals surface area contributed by atoms with E-state index in [9.17, 15) is 24.3 Å². The maximum absolute atomic E-state index is 13.1. The number of carbonyl (C=O) groups is 4. The van der Waals surface area contributed by atoms with Crippen molar-refractivity contribution < 1.29 is 48.0 Å². The number of esters is 1. The topological polar surface area (TPSA) is 159 Å². The number of nitrogens with one attached hydrogen (secondary N) is 2. The number of carbonyl (C=O) groups excluding carboxylic acids is 4. The average Bonchev–Trinajstić information content (AvgIpc) is 3.40. The Bertz CT molecular complexity index is 1630. The van der Waals surface area contributed by atoms with Crippen LogP contribution in [0.3, 0.4) is 0 Å². The summed E-state index contributed by atoms with van der Waals surface area (Å²) in [6.45, 7) is 7.00. The first-order valence-corrected chi connectivity index (χ1v) is 16.3. The van der Waals surface area contributed by atoms with Crippen LogP contribution < -0.4 is 15.4 Å². The van der Waals surface area contributed by atoms with Gasteiger partial charge in [0.2, 0.25) is 12.2 Å². The average molecular weight is 675 g/mol.